The number of nitrogen functional groups attached to an aromatic ring is 1. The quantitative estimate of drug-likeness (QED) is 0.540. The Morgan fingerprint density at radius 3 is 2.71 bits per heavy atom. The highest BCUT2D eigenvalue weighted by molar-refractivity contribution is 5.94. The number of anilines is 1. The molecule has 1 atom stereocenters. The third kappa shape index (κ3) is 3.75. The van der Waals surface area contributed by atoms with E-state index >= 15 is 0 Å². The minimum atomic E-state index is -0.0306. The maximum atomic E-state index is 11.9. The number of hydrogen-bond acceptors (Lipinski definition) is 3. The number of nitrogens with one attached hydrogen (secondary N) is 2. The fourth-order valence-corrected chi connectivity index (χ4v) is 1.48. The summed E-state index contributed by atoms with van der Waals surface area (Å²) in [5, 5.41) is 2.92. The SMILES string of the molecule is CCC(C)CNC(=O)c1ccc(NN)c(C)c1. The van der Waals surface area contributed by atoms with Gasteiger partial charge in [-0.2, -0.15) is 0 Å². The molecule has 0 saturated heterocycles. The van der Waals surface area contributed by atoms with Crippen LogP contribution in [0, 0.1) is 12.8 Å². The molecule has 0 saturated carbocycles. The smallest absolute Gasteiger partial charge is 0.251 e. The van der Waals surface area contributed by atoms with E-state index in [1.807, 2.05) is 19.1 Å². The van der Waals surface area contributed by atoms with Crippen LogP contribution in [0.2, 0.25) is 0 Å². The fraction of sp³-hybridized carbons (Fsp3) is 0.462. The van der Waals surface area contributed by atoms with E-state index in [1.165, 1.54) is 0 Å². The van der Waals surface area contributed by atoms with Crippen LogP contribution < -0.4 is 16.6 Å². The summed E-state index contributed by atoms with van der Waals surface area (Å²) < 4.78 is 0. The molecular formula is C13H21N3O. The van der Waals surface area contributed by atoms with Crippen molar-refractivity contribution in [2.75, 3.05) is 12.0 Å². The van der Waals surface area contributed by atoms with Crippen molar-refractivity contribution in [1.82, 2.24) is 5.32 Å². The number of nitrogens with two attached hydrogens (primary N) is 1. The zero-order chi connectivity index (χ0) is 12.8. The summed E-state index contributed by atoms with van der Waals surface area (Å²) in [6.07, 6.45) is 1.06. The van der Waals surface area contributed by atoms with Crippen LogP contribution in [0.3, 0.4) is 0 Å². The second-order valence-corrected chi connectivity index (χ2v) is 4.40. The van der Waals surface area contributed by atoms with Gasteiger partial charge in [0.05, 0.1) is 5.69 Å². The Labute approximate surface area is 103 Å². The first-order chi connectivity index (χ1) is 8.08. The van der Waals surface area contributed by atoms with Gasteiger partial charge in [-0.25, -0.2) is 0 Å². The lowest BCUT2D eigenvalue weighted by atomic mass is 10.1. The Bertz CT molecular complexity index is 390. The van der Waals surface area contributed by atoms with E-state index in [0.29, 0.717) is 18.0 Å². The zero-order valence-electron chi connectivity index (χ0n) is 10.7. The Morgan fingerprint density at radius 1 is 1.47 bits per heavy atom. The first-order valence-electron chi connectivity index (χ1n) is 5.94. The molecule has 0 spiro atoms. The molecule has 4 nitrogen and oxygen atoms in total. The second-order valence-electron chi connectivity index (χ2n) is 4.40. The predicted molar refractivity (Wildman–Crippen MR) is 70.8 cm³/mol. The number of hydrogen-bond donors (Lipinski definition) is 3. The highest BCUT2D eigenvalue weighted by atomic mass is 16.1. The number of carbonyl (C=O) groups excluding carboxylic acids is 1. The summed E-state index contributed by atoms with van der Waals surface area (Å²) in [4.78, 5) is 11.9. The van der Waals surface area contributed by atoms with Crippen molar-refractivity contribution < 1.29 is 4.79 Å². The average Bonchev–Trinajstić information content (AvgIpc) is 2.35. The minimum absolute atomic E-state index is 0.0306. The van der Waals surface area contributed by atoms with Gasteiger partial charge in [-0.15, -0.1) is 0 Å². The van der Waals surface area contributed by atoms with E-state index in [-0.39, 0.29) is 5.91 Å². The maximum Gasteiger partial charge on any atom is 0.251 e. The van der Waals surface area contributed by atoms with Crippen LogP contribution in [0.5, 0.6) is 0 Å². The lowest BCUT2D eigenvalue weighted by Gasteiger charge is -2.11. The van der Waals surface area contributed by atoms with Crippen LogP contribution in [0.15, 0.2) is 18.2 Å². The van der Waals surface area contributed by atoms with Crippen molar-refractivity contribution in [3.8, 4) is 0 Å². The Hall–Kier alpha value is -1.55. The van der Waals surface area contributed by atoms with Crippen molar-refractivity contribution in [1.29, 1.82) is 0 Å². The molecule has 0 bridgehead atoms. The molecule has 0 aliphatic carbocycles. The fourth-order valence-electron chi connectivity index (χ4n) is 1.48. The number of hydrazine groups is 1. The normalized spacial score (nSPS) is 12.0. The molecule has 1 rings (SSSR count). The number of amides is 1. The predicted octanol–water partition coefficient (Wildman–Crippen LogP) is 2.06. The van der Waals surface area contributed by atoms with Crippen LogP contribution in [-0.2, 0) is 0 Å². The van der Waals surface area contributed by atoms with E-state index in [2.05, 4.69) is 24.6 Å². The number of carbonyl (C=O) groups is 1. The Morgan fingerprint density at radius 2 is 2.18 bits per heavy atom. The minimum Gasteiger partial charge on any atom is -0.352 e. The van der Waals surface area contributed by atoms with E-state index < -0.39 is 0 Å². The maximum absolute atomic E-state index is 11.9. The lowest BCUT2D eigenvalue weighted by molar-refractivity contribution is 0.0948. The number of rotatable bonds is 5. The van der Waals surface area contributed by atoms with Gasteiger partial charge < -0.3 is 10.7 Å². The summed E-state index contributed by atoms with van der Waals surface area (Å²) in [7, 11) is 0. The third-order valence-corrected chi connectivity index (χ3v) is 2.95. The lowest BCUT2D eigenvalue weighted by Crippen LogP contribution is -2.28. The van der Waals surface area contributed by atoms with Gasteiger partial charge in [0.2, 0.25) is 0 Å². The van der Waals surface area contributed by atoms with Crippen LogP contribution in [0.4, 0.5) is 5.69 Å². The summed E-state index contributed by atoms with van der Waals surface area (Å²) in [6, 6.07) is 5.42. The molecule has 4 N–H and O–H groups in total. The summed E-state index contributed by atoms with van der Waals surface area (Å²) in [6.45, 7) is 6.86. The topological polar surface area (TPSA) is 67.2 Å². The van der Waals surface area contributed by atoms with Gasteiger partial charge in [-0.05, 0) is 36.6 Å². The third-order valence-electron chi connectivity index (χ3n) is 2.95. The average molecular weight is 235 g/mol. The van der Waals surface area contributed by atoms with Crippen molar-refractivity contribution in [3.05, 3.63) is 29.3 Å². The molecule has 17 heavy (non-hydrogen) atoms. The molecule has 1 aromatic carbocycles. The van der Waals surface area contributed by atoms with Gasteiger partial charge in [0.15, 0.2) is 0 Å². The molecule has 1 aromatic rings. The van der Waals surface area contributed by atoms with Crippen LogP contribution in [0.25, 0.3) is 0 Å². The number of benzene rings is 1. The van der Waals surface area contributed by atoms with Gasteiger partial charge in [0.25, 0.3) is 5.91 Å². The van der Waals surface area contributed by atoms with Gasteiger partial charge in [-0.3, -0.25) is 10.6 Å². The van der Waals surface area contributed by atoms with Crippen LogP contribution in [0.1, 0.15) is 36.2 Å². The Balaban J connectivity index is 2.66. The Kier molecular flexibility index (Phi) is 4.97. The highest BCUT2D eigenvalue weighted by Crippen LogP contribution is 2.15. The van der Waals surface area contributed by atoms with Crippen molar-refractivity contribution in [2.45, 2.75) is 27.2 Å². The van der Waals surface area contributed by atoms with Gasteiger partial charge >= 0.3 is 0 Å². The molecule has 1 unspecified atom stereocenters. The largest absolute Gasteiger partial charge is 0.352 e. The van der Waals surface area contributed by atoms with Crippen molar-refractivity contribution >= 4 is 11.6 Å². The van der Waals surface area contributed by atoms with Crippen LogP contribution in [-0.4, -0.2) is 12.5 Å². The van der Waals surface area contributed by atoms with Crippen LogP contribution >= 0.6 is 0 Å². The molecule has 1 amide bonds. The highest BCUT2D eigenvalue weighted by Gasteiger charge is 2.08. The van der Waals surface area contributed by atoms with E-state index in [9.17, 15) is 4.79 Å². The molecule has 0 aliphatic rings. The molecule has 0 aromatic heterocycles. The van der Waals surface area contributed by atoms with Gasteiger partial charge in [0, 0.05) is 12.1 Å². The van der Waals surface area contributed by atoms with Gasteiger partial charge in [-0.1, -0.05) is 20.3 Å². The van der Waals surface area contributed by atoms with E-state index in [0.717, 1.165) is 17.7 Å². The summed E-state index contributed by atoms with van der Waals surface area (Å²) in [5.74, 6) is 5.82. The summed E-state index contributed by atoms with van der Waals surface area (Å²) in [5.41, 5.74) is 5.06. The van der Waals surface area contributed by atoms with Crippen molar-refractivity contribution in [3.63, 3.8) is 0 Å². The molecule has 0 radical (unpaired) electrons. The molecule has 0 heterocycles. The van der Waals surface area contributed by atoms with E-state index in [4.69, 9.17) is 5.84 Å². The van der Waals surface area contributed by atoms with E-state index in [1.54, 1.807) is 6.07 Å². The first kappa shape index (κ1) is 13.5. The van der Waals surface area contributed by atoms with Gasteiger partial charge in [0.1, 0.15) is 0 Å². The molecule has 0 aliphatic heterocycles. The first-order valence-corrected chi connectivity index (χ1v) is 5.94. The summed E-state index contributed by atoms with van der Waals surface area (Å²) >= 11 is 0. The molecular weight excluding hydrogens is 214 g/mol. The molecule has 0 fully saturated rings. The molecule has 4 heteroatoms. The number of aryl methyl sites for hydroxylation is 1. The monoisotopic (exact) mass is 235 g/mol. The second kappa shape index (κ2) is 6.25. The van der Waals surface area contributed by atoms with Crippen molar-refractivity contribution in [2.24, 2.45) is 11.8 Å². The zero-order valence-corrected chi connectivity index (χ0v) is 10.7. The molecule has 94 valence electrons. The standard InChI is InChI=1S/C13H21N3O/c1-4-9(2)8-15-13(17)11-5-6-12(16-14)10(3)7-11/h5-7,9,16H,4,8,14H2,1-3H3,(H,15,17).